The Bertz CT molecular complexity index is 1040. The van der Waals surface area contributed by atoms with Gasteiger partial charge in [-0.1, -0.05) is 33.8 Å². The zero-order valence-electron chi connectivity index (χ0n) is 25.7. The summed E-state index contributed by atoms with van der Waals surface area (Å²) in [5.41, 5.74) is 12.5. The van der Waals surface area contributed by atoms with Crippen LogP contribution in [0.3, 0.4) is 0 Å². The smallest absolute Gasteiger partial charge is 0.407 e. The van der Waals surface area contributed by atoms with E-state index in [1.807, 2.05) is 33.8 Å². The maximum atomic E-state index is 13.2. The van der Waals surface area contributed by atoms with Gasteiger partial charge in [0.2, 0.25) is 11.8 Å². The van der Waals surface area contributed by atoms with Crippen LogP contribution in [0.5, 0.6) is 0 Å². The first-order valence-corrected chi connectivity index (χ1v) is 14.5. The van der Waals surface area contributed by atoms with Gasteiger partial charge in [0.15, 0.2) is 0 Å². The van der Waals surface area contributed by atoms with Crippen LogP contribution in [0.15, 0.2) is 22.3 Å². The van der Waals surface area contributed by atoms with Gasteiger partial charge in [-0.25, -0.2) is 14.6 Å². The Balaban J connectivity index is 1.96. The highest BCUT2D eigenvalue weighted by atomic mass is 16.5. The molecule has 0 aromatic heterocycles. The number of nitrogens with two attached hydrogens (primary N) is 2. The summed E-state index contributed by atoms with van der Waals surface area (Å²) in [7, 11) is 2.51. The van der Waals surface area contributed by atoms with Gasteiger partial charge in [0.25, 0.3) is 0 Å². The predicted molar refractivity (Wildman–Crippen MR) is 160 cm³/mol. The lowest BCUT2D eigenvalue weighted by Gasteiger charge is -2.30. The van der Waals surface area contributed by atoms with Crippen molar-refractivity contribution in [2.45, 2.75) is 84.0 Å². The fourth-order valence-corrected chi connectivity index (χ4v) is 5.11. The van der Waals surface area contributed by atoms with E-state index in [2.05, 4.69) is 30.1 Å². The molecular weight excluding hydrogens is 544 g/mol. The Hall–Kier alpha value is -3.84. The molecular formula is C28H48N8O6. The van der Waals surface area contributed by atoms with E-state index in [9.17, 15) is 19.2 Å². The van der Waals surface area contributed by atoms with Crippen LogP contribution < -0.4 is 22.1 Å². The van der Waals surface area contributed by atoms with Gasteiger partial charge < -0.3 is 41.4 Å². The highest BCUT2D eigenvalue weighted by Gasteiger charge is 2.38. The molecule has 1 unspecified atom stereocenters. The number of ether oxygens (including phenoxy) is 2. The Morgan fingerprint density at radius 1 is 0.833 bits per heavy atom. The minimum absolute atomic E-state index is 0.128. The number of alkyl carbamates (subject to hydrolysis) is 2. The van der Waals surface area contributed by atoms with Gasteiger partial charge >= 0.3 is 12.2 Å². The van der Waals surface area contributed by atoms with Crippen LogP contribution in [0.2, 0.25) is 0 Å². The van der Waals surface area contributed by atoms with Crippen LogP contribution in [0, 0.1) is 11.8 Å². The van der Waals surface area contributed by atoms with Crippen LogP contribution in [0.1, 0.15) is 59.8 Å². The van der Waals surface area contributed by atoms with Crippen LogP contribution in [0.4, 0.5) is 9.59 Å². The number of carbonyl (C=O) groups excluding carboxylic acids is 4. The second-order valence-corrected chi connectivity index (χ2v) is 11.1. The van der Waals surface area contributed by atoms with E-state index in [-0.39, 0.29) is 35.7 Å². The second-order valence-electron chi connectivity index (χ2n) is 11.1. The Morgan fingerprint density at radius 3 is 1.71 bits per heavy atom. The molecule has 0 aromatic carbocycles. The minimum atomic E-state index is -0.726. The largest absolute Gasteiger partial charge is 0.453 e. The molecule has 2 saturated heterocycles. The fraction of sp³-hybridized carbons (Fsp3) is 0.714. The second kappa shape index (κ2) is 16.6. The topological polar surface area (TPSA) is 194 Å². The van der Waals surface area contributed by atoms with Gasteiger partial charge in [0, 0.05) is 25.8 Å². The molecule has 42 heavy (non-hydrogen) atoms. The molecule has 2 fully saturated rings. The van der Waals surface area contributed by atoms with Crippen molar-refractivity contribution in [3.8, 4) is 0 Å². The molecule has 2 rings (SSSR count). The third-order valence-electron chi connectivity index (χ3n) is 7.46. The molecule has 4 atom stereocenters. The maximum Gasteiger partial charge on any atom is 0.407 e. The molecule has 2 heterocycles. The van der Waals surface area contributed by atoms with E-state index in [0.717, 1.165) is 12.8 Å². The summed E-state index contributed by atoms with van der Waals surface area (Å²) < 4.78 is 9.34. The van der Waals surface area contributed by atoms with E-state index in [0.29, 0.717) is 50.6 Å². The molecule has 0 saturated carbocycles. The standard InChI is InChI=1S/C28H48N8O6/c1-17(2)21(33-27(39)41-5)25(37)35-15-9-11-19(35)23(29)31-13-7-8-14-32-24(30)20-12-10-16-36(20)26(38)22(18(3)4)34-28(40)42-6/h7,13,17-22H,8-12,14-16H2,1-6H3,(H2,29,31)(H2,30,32)(H,33,39)(H,34,40)/b13-7+/t19-,20-,21-,22?/m1/s1. The number of nitrogens with zero attached hydrogens (tertiary/aromatic N) is 4. The first-order chi connectivity index (χ1) is 19.9. The van der Waals surface area contributed by atoms with Crippen molar-refractivity contribution in [1.29, 1.82) is 0 Å². The van der Waals surface area contributed by atoms with Gasteiger partial charge in [0.05, 0.1) is 26.3 Å². The van der Waals surface area contributed by atoms with Gasteiger partial charge in [-0.2, -0.15) is 0 Å². The molecule has 0 spiro atoms. The summed E-state index contributed by atoms with van der Waals surface area (Å²) in [4.78, 5) is 62.0. The number of rotatable bonds is 12. The molecule has 0 aromatic rings. The quantitative estimate of drug-likeness (QED) is 0.148. The number of methoxy groups -OCH3 is 2. The van der Waals surface area contributed by atoms with Gasteiger partial charge in [-0.3, -0.25) is 14.6 Å². The van der Waals surface area contributed by atoms with Crippen molar-refractivity contribution in [2.75, 3.05) is 33.9 Å². The van der Waals surface area contributed by atoms with Gasteiger partial charge in [0.1, 0.15) is 23.8 Å². The molecule has 0 bridgehead atoms. The molecule has 6 N–H and O–H groups in total. The molecule has 236 valence electrons. The van der Waals surface area contributed by atoms with Crippen LogP contribution in [0.25, 0.3) is 0 Å². The van der Waals surface area contributed by atoms with Crippen molar-refractivity contribution >= 4 is 35.7 Å². The first-order valence-electron chi connectivity index (χ1n) is 14.5. The van der Waals surface area contributed by atoms with E-state index in [1.54, 1.807) is 16.0 Å². The maximum absolute atomic E-state index is 13.2. The third-order valence-corrected chi connectivity index (χ3v) is 7.46. The zero-order valence-corrected chi connectivity index (χ0v) is 25.7. The van der Waals surface area contributed by atoms with E-state index in [1.165, 1.54) is 14.2 Å². The third kappa shape index (κ3) is 9.35. The average molecular weight is 593 g/mol. The highest BCUT2D eigenvalue weighted by molar-refractivity contribution is 5.94. The molecule has 14 nitrogen and oxygen atoms in total. The van der Waals surface area contributed by atoms with Crippen LogP contribution >= 0.6 is 0 Å². The lowest BCUT2D eigenvalue weighted by molar-refractivity contribution is -0.135. The number of aliphatic imine (C=N–C) groups is 2. The Morgan fingerprint density at radius 2 is 1.29 bits per heavy atom. The van der Waals surface area contributed by atoms with Crippen molar-refractivity contribution in [3.05, 3.63) is 12.3 Å². The summed E-state index contributed by atoms with van der Waals surface area (Å²) in [5.74, 6) is 0.00794. The predicted octanol–water partition coefficient (Wildman–Crippen LogP) is 1.35. The lowest BCUT2D eigenvalue weighted by atomic mass is 10.0. The summed E-state index contributed by atoms with van der Waals surface area (Å²) >= 11 is 0. The molecule has 0 radical (unpaired) electrons. The number of amides is 4. The molecule has 2 aliphatic rings. The molecule has 2 aliphatic heterocycles. The van der Waals surface area contributed by atoms with Crippen molar-refractivity contribution in [2.24, 2.45) is 33.3 Å². The molecule has 0 aliphatic carbocycles. The first kappa shape index (κ1) is 34.4. The van der Waals surface area contributed by atoms with E-state index in [4.69, 9.17) is 11.5 Å². The SMILES string of the molecule is COC(=O)NC(C(=O)N1CCC[C@@H]1C(N)=NCC/C=C/N=C(N)[C@H]1CCCN1C(=O)[C@H](NC(=O)OC)C(C)C)C(C)C. The minimum Gasteiger partial charge on any atom is -0.453 e. The molecule has 14 heteroatoms. The monoisotopic (exact) mass is 592 g/mol. The number of nitrogens with one attached hydrogen (secondary N) is 2. The Kier molecular flexibility index (Phi) is 13.6. The van der Waals surface area contributed by atoms with Gasteiger partial charge in [-0.15, -0.1) is 0 Å². The normalized spacial score (nSPS) is 21.1. The number of amidine groups is 2. The summed E-state index contributed by atoms with van der Waals surface area (Å²) in [5, 5.41) is 5.23. The van der Waals surface area contributed by atoms with Crippen LogP contribution in [-0.4, -0.2) is 103 Å². The average Bonchev–Trinajstić information content (AvgIpc) is 3.65. The number of carbonyl (C=O) groups is 4. The number of likely N-dealkylation sites (tertiary alicyclic amines) is 2. The summed E-state index contributed by atoms with van der Waals surface area (Å²) in [6.07, 6.45) is 5.59. The van der Waals surface area contributed by atoms with E-state index < -0.39 is 24.3 Å². The summed E-state index contributed by atoms with van der Waals surface area (Å²) in [6.45, 7) is 8.88. The van der Waals surface area contributed by atoms with Crippen molar-refractivity contribution in [1.82, 2.24) is 20.4 Å². The number of hydrogen-bond acceptors (Lipinski definition) is 8. The van der Waals surface area contributed by atoms with Crippen molar-refractivity contribution in [3.63, 3.8) is 0 Å². The van der Waals surface area contributed by atoms with Crippen LogP contribution in [-0.2, 0) is 19.1 Å². The zero-order chi connectivity index (χ0) is 31.4. The summed E-state index contributed by atoms with van der Waals surface area (Å²) in [6, 6.07) is -2.13. The lowest BCUT2D eigenvalue weighted by Crippen LogP contribution is -2.54. The highest BCUT2D eigenvalue weighted by Crippen LogP contribution is 2.22. The van der Waals surface area contributed by atoms with Gasteiger partial charge in [-0.05, 0) is 43.9 Å². The number of hydrogen-bond donors (Lipinski definition) is 4. The van der Waals surface area contributed by atoms with Crippen molar-refractivity contribution < 1.29 is 28.7 Å². The molecule has 4 amide bonds. The van der Waals surface area contributed by atoms with E-state index >= 15 is 0 Å². The fourth-order valence-electron chi connectivity index (χ4n) is 5.11. The Labute approximate surface area is 248 Å².